The Morgan fingerprint density at radius 1 is 1.17 bits per heavy atom. The molecule has 0 atom stereocenters. The van der Waals surface area contributed by atoms with Crippen LogP contribution in [0.4, 0.5) is 5.69 Å². The minimum Gasteiger partial charge on any atom is -0.378 e. The van der Waals surface area contributed by atoms with Crippen LogP contribution in [0.3, 0.4) is 0 Å². The van der Waals surface area contributed by atoms with Crippen LogP contribution in [0, 0.1) is 0 Å². The number of pyridine rings is 2. The third kappa shape index (κ3) is 3.21. The molecule has 4 rings (SSSR count). The number of anilines is 1. The topological polar surface area (TPSA) is 75.9 Å². The van der Waals surface area contributed by atoms with Crippen molar-refractivity contribution >= 4 is 28.3 Å². The van der Waals surface area contributed by atoms with Crippen LogP contribution in [-0.2, 0) is 4.74 Å². The van der Waals surface area contributed by atoms with Crippen LogP contribution in [0.1, 0.15) is 49.8 Å². The van der Waals surface area contributed by atoms with Gasteiger partial charge in [-0.3, -0.25) is 9.20 Å². The van der Waals surface area contributed by atoms with Gasteiger partial charge in [0.05, 0.1) is 18.9 Å². The molecule has 0 unspecified atom stereocenters. The van der Waals surface area contributed by atoms with E-state index in [0.29, 0.717) is 37.5 Å². The van der Waals surface area contributed by atoms with E-state index in [9.17, 15) is 4.79 Å². The molecule has 3 aromatic rings. The van der Waals surface area contributed by atoms with E-state index in [2.05, 4.69) is 33.9 Å². The summed E-state index contributed by atoms with van der Waals surface area (Å²) in [5.41, 5.74) is 2.87. The van der Waals surface area contributed by atoms with Crippen LogP contribution in [0.15, 0.2) is 18.3 Å². The molecule has 8 nitrogen and oxygen atoms in total. The number of hydrogen-bond acceptors (Lipinski definition) is 6. The summed E-state index contributed by atoms with van der Waals surface area (Å²) in [6, 6.07) is 3.96. The number of carbonyl (C=O) groups is 1. The van der Waals surface area contributed by atoms with Gasteiger partial charge in [-0.25, -0.2) is 4.98 Å². The maximum absolute atomic E-state index is 13.7. The molecule has 0 N–H and O–H groups in total. The lowest BCUT2D eigenvalue weighted by molar-refractivity contribution is 0.0773. The zero-order chi connectivity index (χ0) is 20.5. The molecule has 0 aromatic carbocycles. The van der Waals surface area contributed by atoms with Gasteiger partial charge in [0.1, 0.15) is 17.0 Å². The minimum atomic E-state index is -0.0186. The van der Waals surface area contributed by atoms with Crippen LogP contribution in [-0.4, -0.2) is 69.8 Å². The Labute approximate surface area is 170 Å². The molecular weight excluding hydrogens is 368 g/mol. The van der Waals surface area contributed by atoms with Gasteiger partial charge in [0.2, 0.25) is 0 Å². The molecule has 1 fully saturated rings. The maximum atomic E-state index is 13.7. The predicted molar refractivity (Wildman–Crippen MR) is 113 cm³/mol. The SMILES string of the molecule is CCN(CC)C(=O)c1c(N2CCOCC2)c2cccnc2n2c(C(C)C)nnc12. The Balaban J connectivity index is 2.11. The van der Waals surface area contributed by atoms with Gasteiger partial charge in [0.25, 0.3) is 5.91 Å². The van der Waals surface area contributed by atoms with Gasteiger partial charge in [0, 0.05) is 43.7 Å². The zero-order valence-electron chi connectivity index (χ0n) is 17.6. The van der Waals surface area contributed by atoms with E-state index in [1.807, 2.05) is 35.3 Å². The molecule has 0 spiro atoms. The number of hydrogen-bond donors (Lipinski definition) is 0. The zero-order valence-corrected chi connectivity index (χ0v) is 17.6. The smallest absolute Gasteiger partial charge is 0.259 e. The Morgan fingerprint density at radius 3 is 2.55 bits per heavy atom. The van der Waals surface area contributed by atoms with Gasteiger partial charge in [0.15, 0.2) is 5.65 Å². The van der Waals surface area contributed by atoms with Crippen LogP contribution < -0.4 is 4.90 Å². The number of nitrogens with zero attached hydrogens (tertiary/aromatic N) is 6. The fourth-order valence-electron chi connectivity index (χ4n) is 4.02. The molecule has 0 saturated carbocycles. The third-order valence-electron chi connectivity index (χ3n) is 5.51. The lowest BCUT2D eigenvalue weighted by atomic mass is 10.1. The molecule has 0 bridgehead atoms. The minimum absolute atomic E-state index is 0.0186. The summed E-state index contributed by atoms with van der Waals surface area (Å²) in [5, 5.41) is 9.87. The Bertz CT molecular complexity index is 1030. The first-order valence-electron chi connectivity index (χ1n) is 10.4. The largest absolute Gasteiger partial charge is 0.378 e. The molecular formula is C21H28N6O2. The van der Waals surface area contributed by atoms with Crippen LogP contribution in [0.25, 0.3) is 16.7 Å². The first-order chi connectivity index (χ1) is 14.1. The molecule has 0 radical (unpaired) electrons. The highest BCUT2D eigenvalue weighted by Crippen LogP contribution is 2.35. The van der Waals surface area contributed by atoms with Gasteiger partial charge in [-0.2, -0.15) is 0 Å². The number of morpholine rings is 1. The number of rotatable bonds is 5. The maximum Gasteiger partial charge on any atom is 0.259 e. The lowest BCUT2D eigenvalue weighted by Gasteiger charge is -2.32. The van der Waals surface area contributed by atoms with Crippen molar-refractivity contribution in [3.63, 3.8) is 0 Å². The van der Waals surface area contributed by atoms with Gasteiger partial charge in [-0.05, 0) is 26.0 Å². The second kappa shape index (κ2) is 7.94. The highest BCUT2D eigenvalue weighted by Gasteiger charge is 2.30. The molecule has 4 heterocycles. The molecule has 0 aliphatic carbocycles. The van der Waals surface area contributed by atoms with Crippen molar-refractivity contribution in [3.05, 3.63) is 29.7 Å². The average Bonchev–Trinajstić information content (AvgIpc) is 3.19. The standard InChI is InChI=1S/C21H28N6O2/c1-5-25(6-2)21(28)16-17(26-10-12-29-13-11-26)15-8-7-9-22-19(15)27-18(14(3)4)23-24-20(16)27/h7-9,14H,5-6,10-13H2,1-4H3. The number of carbonyl (C=O) groups excluding carboxylic acids is 1. The number of amides is 1. The lowest BCUT2D eigenvalue weighted by Crippen LogP contribution is -2.39. The summed E-state index contributed by atoms with van der Waals surface area (Å²) < 4.78 is 7.52. The Morgan fingerprint density at radius 2 is 1.90 bits per heavy atom. The van der Waals surface area contributed by atoms with Crippen molar-refractivity contribution in [3.8, 4) is 0 Å². The first-order valence-corrected chi connectivity index (χ1v) is 10.4. The van der Waals surface area contributed by atoms with Gasteiger partial charge >= 0.3 is 0 Å². The molecule has 8 heteroatoms. The van der Waals surface area contributed by atoms with E-state index in [1.165, 1.54) is 0 Å². The van der Waals surface area contributed by atoms with E-state index in [1.54, 1.807) is 6.20 Å². The summed E-state index contributed by atoms with van der Waals surface area (Å²) in [4.78, 5) is 22.4. The summed E-state index contributed by atoms with van der Waals surface area (Å²) in [6.45, 7) is 12.2. The molecule has 1 saturated heterocycles. The van der Waals surface area contributed by atoms with Crippen molar-refractivity contribution < 1.29 is 9.53 Å². The van der Waals surface area contributed by atoms with E-state index in [0.717, 1.165) is 35.6 Å². The number of fused-ring (bicyclic) bond motifs is 3. The highest BCUT2D eigenvalue weighted by atomic mass is 16.5. The van der Waals surface area contributed by atoms with E-state index < -0.39 is 0 Å². The number of ether oxygens (including phenoxy) is 1. The van der Waals surface area contributed by atoms with Gasteiger partial charge < -0.3 is 14.5 Å². The molecule has 29 heavy (non-hydrogen) atoms. The molecule has 3 aromatic heterocycles. The normalized spacial score (nSPS) is 14.9. The first kappa shape index (κ1) is 19.6. The second-order valence-electron chi connectivity index (χ2n) is 7.55. The fraction of sp³-hybridized carbons (Fsp3) is 0.524. The van der Waals surface area contributed by atoms with Crippen molar-refractivity contribution in [1.82, 2.24) is 24.5 Å². The second-order valence-corrected chi connectivity index (χ2v) is 7.55. The van der Waals surface area contributed by atoms with E-state index in [4.69, 9.17) is 4.74 Å². The van der Waals surface area contributed by atoms with Crippen LogP contribution >= 0.6 is 0 Å². The molecule has 1 amide bonds. The molecule has 1 aliphatic heterocycles. The molecule has 154 valence electrons. The van der Waals surface area contributed by atoms with Crippen LogP contribution in [0.2, 0.25) is 0 Å². The Kier molecular flexibility index (Phi) is 5.36. The van der Waals surface area contributed by atoms with Crippen molar-refractivity contribution in [1.29, 1.82) is 0 Å². The van der Waals surface area contributed by atoms with Gasteiger partial charge in [-0.15, -0.1) is 10.2 Å². The summed E-state index contributed by atoms with van der Waals surface area (Å²) in [5.74, 6) is 0.946. The Hall–Kier alpha value is -2.74. The van der Waals surface area contributed by atoms with E-state index >= 15 is 0 Å². The van der Waals surface area contributed by atoms with Gasteiger partial charge in [-0.1, -0.05) is 13.8 Å². The van der Waals surface area contributed by atoms with E-state index in [-0.39, 0.29) is 11.8 Å². The molecule has 1 aliphatic rings. The highest BCUT2D eigenvalue weighted by molar-refractivity contribution is 6.12. The monoisotopic (exact) mass is 396 g/mol. The fourth-order valence-corrected chi connectivity index (χ4v) is 4.02. The van der Waals surface area contributed by atoms with Crippen molar-refractivity contribution in [2.75, 3.05) is 44.3 Å². The summed E-state index contributed by atoms with van der Waals surface area (Å²) in [6.07, 6.45) is 1.78. The third-order valence-corrected chi connectivity index (χ3v) is 5.51. The van der Waals surface area contributed by atoms with Crippen molar-refractivity contribution in [2.45, 2.75) is 33.6 Å². The summed E-state index contributed by atoms with van der Waals surface area (Å²) >= 11 is 0. The quantitative estimate of drug-likeness (QED) is 0.660. The van der Waals surface area contributed by atoms with Crippen molar-refractivity contribution in [2.24, 2.45) is 0 Å². The average molecular weight is 396 g/mol. The summed E-state index contributed by atoms with van der Waals surface area (Å²) in [7, 11) is 0. The van der Waals surface area contributed by atoms with Crippen LogP contribution in [0.5, 0.6) is 0 Å². The number of aromatic nitrogens is 4. The predicted octanol–water partition coefficient (Wildman–Crippen LogP) is 2.72.